The predicted octanol–water partition coefficient (Wildman–Crippen LogP) is 2.03. The summed E-state index contributed by atoms with van der Waals surface area (Å²) in [5, 5.41) is 9.62. The first-order chi connectivity index (χ1) is 8.28. The Labute approximate surface area is 102 Å². The average molecular weight is 236 g/mol. The fraction of sp³-hybridized carbons (Fsp3) is 0.571. The molecule has 2 rings (SSSR count). The van der Waals surface area contributed by atoms with E-state index in [1.165, 1.54) is 5.56 Å². The monoisotopic (exact) mass is 236 g/mol. The molecule has 94 valence electrons. The quantitative estimate of drug-likeness (QED) is 0.869. The van der Waals surface area contributed by atoms with Crippen LogP contribution in [0.15, 0.2) is 24.3 Å². The Morgan fingerprint density at radius 3 is 3.00 bits per heavy atom. The Morgan fingerprint density at radius 1 is 1.47 bits per heavy atom. The third-order valence-electron chi connectivity index (χ3n) is 3.45. The third kappa shape index (κ3) is 2.99. The zero-order chi connectivity index (χ0) is 12.1. The van der Waals surface area contributed by atoms with Crippen molar-refractivity contribution in [3.63, 3.8) is 0 Å². The lowest BCUT2D eigenvalue weighted by Crippen LogP contribution is -2.37. The van der Waals surface area contributed by atoms with E-state index in [1.807, 2.05) is 18.2 Å². The van der Waals surface area contributed by atoms with Gasteiger partial charge < -0.3 is 14.6 Å². The van der Waals surface area contributed by atoms with Crippen molar-refractivity contribution in [1.82, 2.24) is 0 Å². The molecule has 1 N–H and O–H groups in total. The van der Waals surface area contributed by atoms with E-state index in [1.54, 1.807) is 7.11 Å². The SMILES string of the molecule is COc1cccc(CC2(CO)CCCOC2)c1. The van der Waals surface area contributed by atoms with Crippen LogP contribution in [0.1, 0.15) is 18.4 Å². The fourth-order valence-electron chi connectivity index (χ4n) is 2.45. The lowest BCUT2D eigenvalue weighted by molar-refractivity contribution is -0.0379. The van der Waals surface area contributed by atoms with Gasteiger partial charge in [-0.1, -0.05) is 12.1 Å². The van der Waals surface area contributed by atoms with Crippen LogP contribution in [0.2, 0.25) is 0 Å². The van der Waals surface area contributed by atoms with Gasteiger partial charge in [-0.05, 0) is 37.0 Å². The molecule has 1 fully saturated rings. The van der Waals surface area contributed by atoms with Crippen molar-refractivity contribution in [2.45, 2.75) is 19.3 Å². The third-order valence-corrected chi connectivity index (χ3v) is 3.45. The first kappa shape index (κ1) is 12.4. The van der Waals surface area contributed by atoms with E-state index in [4.69, 9.17) is 9.47 Å². The summed E-state index contributed by atoms with van der Waals surface area (Å²) in [6.45, 7) is 1.66. The van der Waals surface area contributed by atoms with E-state index in [2.05, 4.69) is 6.07 Å². The molecule has 0 radical (unpaired) electrons. The number of hydrogen-bond donors (Lipinski definition) is 1. The van der Waals surface area contributed by atoms with E-state index in [0.29, 0.717) is 6.61 Å². The highest BCUT2D eigenvalue weighted by molar-refractivity contribution is 5.29. The largest absolute Gasteiger partial charge is 0.497 e. The Balaban J connectivity index is 2.11. The lowest BCUT2D eigenvalue weighted by Gasteiger charge is -2.35. The summed E-state index contributed by atoms with van der Waals surface area (Å²) in [6, 6.07) is 8.04. The normalized spacial score (nSPS) is 24.6. The van der Waals surface area contributed by atoms with Crippen molar-refractivity contribution in [1.29, 1.82) is 0 Å². The Morgan fingerprint density at radius 2 is 2.35 bits per heavy atom. The van der Waals surface area contributed by atoms with Crippen LogP contribution in [-0.4, -0.2) is 32.0 Å². The van der Waals surface area contributed by atoms with Gasteiger partial charge in [0.05, 0.1) is 20.3 Å². The molecule has 3 nitrogen and oxygen atoms in total. The number of aliphatic hydroxyl groups excluding tert-OH is 1. The van der Waals surface area contributed by atoms with E-state index in [0.717, 1.165) is 31.6 Å². The highest BCUT2D eigenvalue weighted by atomic mass is 16.5. The van der Waals surface area contributed by atoms with Crippen molar-refractivity contribution in [3.8, 4) is 5.75 Å². The summed E-state index contributed by atoms with van der Waals surface area (Å²) in [5.74, 6) is 0.868. The number of ether oxygens (including phenoxy) is 2. The molecule has 1 aromatic carbocycles. The van der Waals surface area contributed by atoms with Crippen LogP contribution in [0.3, 0.4) is 0 Å². The van der Waals surface area contributed by atoms with Gasteiger partial charge in [-0.3, -0.25) is 0 Å². The van der Waals surface area contributed by atoms with Gasteiger partial charge in [-0.2, -0.15) is 0 Å². The maximum Gasteiger partial charge on any atom is 0.119 e. The van der Waals surface area contributed by atoms with Gasteiger partial charge in [-0.15, -0.1) is 0 Å². The molecule has 1 saturated heterocycles. The molecule has 1 heterocycles. The van der Waals surface area contributed by atoms with Gasteiger partial charge in [0.2, 0.25) is 0 Å². The highest BCUT2D eigenvalue weighted by Gasteiger charge is 2.32. The standard InChI is InChI=1S/C14H20O3/c1-16-13-5-2-4-12(8-13)9-14(10-15)6-3-7-17-11-14/h2,4-5,8,15H,3,6-7,9-11H2,1H3. The summed E-state index contributed by atoms with van der Waals surface area (Å²) in [6.07, 6.45) is 2.91. The first-order valence-electron chi connectivity index (χ1n) is 6.10. The second-order valence-electron chi connectivity index (χ2n) is 4.84. The topological polar surface area (TPSA) is 38.7 Å². The molecule has 1 aliphatic heterocycles. The molecule has 3 heteroatoms. The van der Waals surface area contributed by atoms with Crippen LogP contribution in [0.25, 0.3) is 0 Å². The van der Waals surface area contributed by atoms with Crippen LogP contribution in [0.5, 0.6) is 5.75 Å². The molecule has 1 atom stereocenters. The smallest absolute Gasteiger partial charge is 0.119 e. The van der Waals surface area contributed by atoms with Crippen molar-refractivity contribution >= 4 is 0 Å². The van der Waals surface area contributed by atoms with E-state index in [9.17, 15) is 5.11 Å². The predicted molar refractivity (Wildman–Crippen MR) is 66.3 cm³/mol. The van der Waals surface area contributed by atoms with E-state index in [-0.39, 0.29) is 12.0 Å². The van der Waals surface area contributed by atoms with Crippen molar-refractivity contribution < 1.29 is 14.6 Å². The summed E-state index contributed by atoms with van der Waals surface area (Å²) in [5.41, 5.74) is 1.09. The van der Waals surface area contributed by atoms with Crippen LogP contribution >= 0.6 is 0 Å². The molecule has 0 spiro atoms. The molecule has 0 aliphatic carbocycles. The number of rotatable bonds is 4. The van der Waals surface area contributed by atoms with Gasteiger partial charge in [0.1, 0.15) is 5.75 Å². The zero-order valence-corrected chi connectivity index (χ0v) is 10.3. The number of hydrogen-bond acceptors (Lipinski definition) is 3. The Hall–Kier alpha value is -1.06. The van der Waals surface area contributed by atoms with Crippen LogP contribution in [0.4, 0.5) is 0 Å². The van der Waals surface area contributed by atoms with Crippen molar-refractivity contribution in [2.75, 3.05) is 26.9 Å². The Bertz CT molecular complexity index is 356. The van der Waals surface area contributed by atoms with E-state index >= 15 is 0 Å². The lowest BCUT2D eigenvalue weighted by atomic mass is 9.78. The van der Waals surface area contributed by atoms with Crippen LogP contribution in [-0.2, 0) is 11.2 Å². The minimum absolute atomic E-state index is 0.107. The molecule has 1 aliphatic rings. The molecular weight excluding hydrogens is 216 g/mol. The summed E-state index contributed by atoms with van der Waals surface area (Å²) >= 11 is 0. The maximum atomic E-state index is 9.62. The molecule has 1 aromatic rings. The fourth-order valence-corrected chi connectivity index (χ4v) is 2.45. The Kier molecular flexibility index (Phi) is 4.02. The minimum atomic E-state index is -0.107. The van der Waals surface area contributed by atoms with Crippen molar-refractivity contribution in [2.24, 2.45) is 5.41 Å². The molecular formula is C14H20O3. The molecule has 0 amide bonds. The number of aliphatic hydroxyl groups is 1. The van der Waals surface area contributed by atoms with Gasteiger partial charge in [0.25, 0.3) is 0 Å². The minimum Gasteiger partial charge on any atom is -0.497 e. The van der Waals surface area contributed by atoms with Gasteiger partial charge in [0, 0.05) is 12.0 Å². The first-order valence-corrected chi connectivity index (χ1v) is 6.10. The zero-order valence-electron chi connectivity index (χ0n) is 10.3. The summed E-state index contributed by atoms with van der Waals surface area (Å²) in [7, 11) is 1.67. The molecule has 0 aromatic heterocycles. The van der Waals surface area contributed by atoms with Gasteiger partial charge in [-0.25, -0.2) is 0 Å². The van der Waals surface area contributed by atoms with Gasteiger partial charge in [0.15, 0.2) is 0 Å². The van der Waals surface area contributed by atoms with Crippen molar-refractivity contribution in [3.05, 3.63) is 29.8 Å². The molecule has 0 saturated carbocycles. The van der Waals surface area contributed by atoms with Crippen LogP contribution < -0.4 is 4.74 Å². The summed E-state index contributed by atoms with van der Waals surface area (Å²) in [4.78, 5) is 0. The second-order valence-corrected chi connectivity index (χ2v) is 4.84. The van der Waals surface area contributed by atoms with E-state index < -0.39 is 0 Å². The van der Waals surface area contributed by atoms with Gasteiger partial charge >= 0.3 is 0 Å². The summed E-state index contributed by atoms with van der Waals surface area (Å²) < 4.78 is 10.7. The number of methoxy groups -OCH3 is 1. The molecule has 17 heavy (non-hydrogen) atoms. The number of benzene rings is 1. The second kappa shape index (κ2) is 5.52. The average Bonchev–Trinajstić information content (AvgIpc) is 2.40. The molecule has 1 unspecified atom stereocenters. The van der Waals surface area contributed by atoms with Crippen LogP contribution in [0, 0.1) is 5.41 Å². The highest BCUT2D eigenvalue weighted by Crippen LogP contribution is 2.32. The maximum absolute atomic E-state index is 9.62. The molecule has 0 bridgehead atoms.